The molecule has 2 amide bonds. The zero-order valence-electron chi connectivity index (χ0n) is 17.5. The van der Waals surface area contributed by atoms with Gasteiger partial charge in [-0.2, -0.15) is 0 Å². The van der Waals surface area contributed by atoms with E-state index in [4.69, 9.17) is 0 Å². The highest BCUT2D eigenvalue weighted by molar-refractivity contribution is 6.04. The summed E-state index contributed by atoms with van der Waals surface area (Å²) in [6.07, 6.45) is 5.41. The summed E-state index contributed by atoms with van der Waals surface area (Å²) in [6.45, 7) is 3.14. The number of likely N-dealkylation sites (tertiary alicyclic amines) is 1. The van der Waals surface area contributed by atoms with Crippen LogP contribution in [0.2, 0.25) is 0 Å². The van der Waals surface area contributed by atoms with E-state index in [-0.39, 0.29) is 17.7 Å². The van der Waals surface area contributed by atoms with Gasteiger partial charge in [0.1, 0.15) is 5.82 Å². The lowest BCUT2D eigenvalue weighted by atomic mass is 9.96. The zero-order valence-corrected chi connectivity index (χ0v) is 17.5. The number of pyridine rings is 1. The molecule has 3 heterocycles. The molecule has 1 aliphatic rings. The summed E-state index contributed by atoms with van der Waals surface area (Å²) in [5.41, 5.74) is 2.59. The summed E-state index contributed by atoms with van der Waals surface area (Å²) in [6, 6.07) is 14.9. The van der Waals surface area contributed by atoms with Crippen LogP contribution in [0.1, 0.15) is 46.3 Å². The van der Waals surface area contributed by atoms with Crippen LogP contribution in [0, 0.1) is 6.92 Å². The molecule has 1 atom stereocenters. The fraction of sp³-hybridized carbons (Fsp3) is 0.292. The Kier molecular flexibility index (Phi) is 6.31. The molecule has 0 bridgehead atoms. The quantitative estimate of drug-likeness (QED) is 0.690. The molecule has 1 N–H and O–H groups in total. The summed E-state index contributed by atoms with van der Waals surface area (Å²) < 4.78 is 0. The number of nitrogens with one attached hydrogen (secondary N) is 1. The van der Waals surface area contributed by atoms with E-state index in [0.29, 0.717) is 30.0 Å². The van der Waals surface area contributed by atoms with Gasteiger partial charge >= 0.3 is 0 Å². The van der Waals surface area contributed by atoms with Crippen molar-refractivity contribution in [3.63, 3.8) is 0 Å². The molecule has 3 aromatic rings. The first-order valence-corrected chi connectivity index (χ1v) is 10.5. The standard InChI is InChI=1S/C24H25N5O2/c1-17-21(24(31)28-19-9-3-2-4-10-19)15-26-23(27-17)18-8-7-13-29(16-18)22(30)14-20-11-5-6-12-25-20/h2-6,9-12,15,18H,7-8,13-14,16H2,1H3,(H,28,31)/t18-/m0/s1. The molecule has 4 rings (SSSR count). The van der Waals surface area contributed by atoms with Crippen LogP contribution < -0.4 is 5.32 Å². The molecule has 1 aromatic carbocycles. The third-order valence-corrected chi connectivity index (χ3v) is 5.47. The average molecular weight is 415 g/mol. The van der Waals surface area contributed by atoms with E-state index in [9.17, 15) is 9.59 Å². The third-order valence-electron chi connectivity index (χ3n) is 5.47. The Bertz CT molecular complexity index is 1060. The maximum atomic E-state index is 12.7. The first kappa shape index (κ1) is 20.7. The van der Waals surface area contributed by atoms with Crippen LogP contribution in [0.25, 0.3) is 0 Å². The summed E-state index contributed by atoms with van der Waals surface area (Å²) in [5.74, 6) is 0.584. The number of anilines is 1. The zero-order chi connectivity index (χ0) is 21.6. The van der Waals surface area contributed by atoms with Crippen LogP contribution in [0.4, 0.5) is 5.69 Å². The average Bonchev–Trinajstić information content (AvgIpc) is 2.80. The maximum absolute atomic E-state index is 12.7. The largest absolute Gasteiger partial charge is 0.342 e. The van der Waals surface area contributed by atoms with Gasteiger partial charge in [0, 0.05) is 42.8 Å². The van der Waals surface area contributed by atoms with E-state index in [1.807, 2.05) is 60.4 Å². The summed E-state index contributed by atoms with van der Waals surface area (Å²) in [7, 11) is 0. The smallest absolute Gasteiger partial charge is 0.259 e. The molecule has 1 aliphatic heterocycles. The van der Waals surface area contributed by atoms with E-state index in [1.165, 1.54) is 0 Å². The predicted molar refractivity (Wildman–Crippen MR) is 118 cm³/mol. The number of aryl methyl sites for hydroxylation is 1. The molecule has 0 unspecified atom stereocenters. The third kappa shape index (κ3) is 5.12. The van der Waals surface area contributed by atoms with Gasteiger partial charge in [0.2, 0.25) is 5.91 Å². The highest BCUT2D eigenvalue weighted by Gasteiger charge is 2.27. The number of benzene rings is 1. The number of nitrogens with zero attached hydrogens (tertiary/aromatic N) is 4. The Morgan fingerprint density at radius 3 is 2.65 bits per heavy atom. The van der Waals surface area contributed by atoms with Crippen LogP contribution in [0.3, 0.4) is 0 Å². The first-order valence-electron chi connectivity index (χ1n) is 10.5. The molecule has 7 heteroatoms. The van der Waals surface area contributed by atoms with Gasteiger partial charge in [-0.25, -0.2) is 9.97 Å². The van der Waals surface area contributed by atoms with Gasteiger partial charge in [-0.1, -0.05) is 24.3 Å². The second-order valence-corrected chi connectivity index (χ2v) is 7.72. The van der Waals surface area contributed by atoms with E-state index >= 15 is 0 Å². The van der Waals surface area contributed by atoms with Crippen molar-refractivity contribution in [1.82, 2.24) is 19.9 Å². The first-order chi connectivity index (χ1) is 15.1. The van der Waals surface area contributed by atoms with Crippen molar-refractivity contribution in [3.8, 4) is 0 Å². The molecule has 1 saturated heterocycles. The Morgan fingerprint density at radius 2 is 1.90 bits per heavy atom. The minimum atomic E-state index is -0.231. The van der Waals surface area contributed by atoms with E-state index in [2.05, 4.69) is 20.3 Å². The van der Waals surface area contributed by atoms with Crippen LogP contribution in [0.5, 0.6) is 0 Å². The van der Waals surface area contributed by atoms with Crippen molar-refractivity contribution >= 4 is 17.5 Å². The Hall–Kier alpha value is -3.61. The normalized spacial score (nSPS) is 16.0. The molecule has 0 spiro atoms. The Morgan fingerprint density at radius 1 is 1.10 bits per heavy atom. The molecule has 2 aromatic heterocycles. The van der Waals surface area contributed by atoms with E-state index < -0.39 is 0 Å². The van der Waals surface area contributed by atoms with Crippen LogP contribution in [-0.4, -0.2) is 44.8 Å². The lowest BCUT2D eigenvalue weighted by molar-refractivity contribution is -0.131. The van der Waals surface area contributed by atoms with Crippen LogP contribution in [0.15, 0.2) is 60.9 Å². The molecule has 1 fully saturated rings. The van der Waals surface area contributed by atoms with Crippen molar-refractivity contribution in [2.24, 2.45) is 0 Å². The van der Waals surface area contributed by atoms with Crippen molar-refractivity contribution in [3.05, 3.63) is 83.7 Å². The molecular formula is C24H25N5O2. The van der Waals surface area contributed by atoms with Gasteiger partial charge in [0.05, 0.1) is 17.7 Å². The second kappa shape index (κ2) is 9.47. The van der Waals surface area contributed by atoms with Crippen LogP contribution >= 0.6 is 0 Å². The number of rotatable bonds is 5. The van der Waals surface area contributed by atoms with E-state index in [1.54, 1.807) is 12.4 Å². The summed E-state index contributed by atoms with van der Waals surface area (Å²) in [5, 5.41) is 2.87. The number of amides is 2. The highest BCUT2D eigenvalue weighted by Crippen LogP contribution is 2.25. The number of hydrogen-bond donors (Lipinski definition) is 1. The topological polar surface area (TPSA) is 88.1 Å². The lowest BCUT2D eigenvalue weighted by Gasteiger charge is -2.32. The maximum Gasteiger partial charge on any atom is 0.259 e. The Labute approximate surface area is 181 Å². The second-order valence-electron chi connectivity index (χ2n) is 7.72. The molecule has 0 aliphatic carbocycles. The number of hydrogen-bond acceptors (Lipinski definition) is 5. The van der Waals surface area contributed by atoms with Gasteiger partial charge in [-0.3, -0.25) is 14.6 Å². The monoisotopic (exact) mass is 415 g/mol. The number of piperidine rings is 1. The number of para-hydroxylation sites is 1. The number of aromatic nitrogens is 3. The fourth-order valence-corrected chi connectivity index (χ4v) is 3.81. The van der Waals surface area contributed by atoms with Gasteiger partial charge in [-0.15, -0.1) is 0 Å². The SMILES string of the molecule is Cc1nc([C@H]2CCCN(C(=O)Cc3ccccn3)C2)ncc1C(=O)Nc1ccccc1. The molecule has 0 radical (unpaired) electrons. The fourth-order valence-electron chi connectivity index (χ4n) is 3.81. The van der Waals surface area contributed by atoms with Gasteiger partial charge in [0.25, 0.3) is 5.91 Å². The molecule has 158 valence electrons. The van der Waals surface area contributed by atoms with Crippen molar-refractivity contribution < 1.29 is 9.59 Å². The lowest BCUT2D eigenvalue weighted by Crippen LogP contribution is -2.40. The molecule has 0 saturated carbocycles. The van der Waals surface area contributed by atoms with Gasteiger partial charge in [0.15, 0.2) is 0 Å². The molecular weight excluding hydrogens is 390 g/mol. The van der Waals surface area contributed by atoms with Crippen molar-refractivity contribution in [1.29, 1.82) is 0 Å². The van der Waals surface area contributed by atoms with Gasteiger partial charge < -0.3 is 10.2 Å². The highest BCUT2D eigenvalue weighted by atomic mass is 16.2. The number of carbonyl (C=O) groups is 2. The van der Waals surface area contributed by atoms with Gasteiger partial charge in [-0.05, 0) is 44.0 Å². The molecule has 31 heavy (non-hydrogen) atoms. The summed E-state index contributed by atoms with van der Waals surface area (Å²) in [4.78, 5) is 40.5. The minimum absolute atomic E-state index is 0.0615. The van der Waals surface area contributed by atoms with Crippen molar-refractivity contribution in [2.45, 2.75) is 32.1 Å². The number of carbonyl (C=O) groups excluding carboxylic acids is 2. The summed E-state index contributed by atoms with van der Waals surface area (Å²) >= 11 is 0. The predicted octanol–water partition coefficient (Wildman–Crippen LogP) is 3.38. The molecule has 7 nitrogen and oxygen atoms in total. The van der Waals surface area contributed by atoms with Crippen LogP contribution in [-0.2, 0) is 11.2 Å². The van der Waals surface area contributed by atoms with Crippen molar-refractivity contribution in [2.75, 3.05) is 18.4 Å². The van der Waals surface area contributed by atoms with E-state index in [0.717, 1.165) is 30.8 Å². The minimum Gasteiger partial charge on any atom is -0.342 e. The Balaban J connectivity index is 1.42.